The summed E-state index contributed by atoms with van der Waals surface area (Å²) in [6.45, 7) is 2.39. The number of carbonyl (C=O) groups is 1. The molecule has 3 rings (SSSR count). The smallest absolute Gasteiger partial charge is 0.222 e. The Bertz CT molecular complexity index is 758. The van der Waals surface area contributed by atoms with Crippen molar-refractivity contribution in [2.75, 3.05) is 26.7 Å². The van der Waals surface area contributed by atoms with E-state index in [0.29, 0.717) is 13.0 Å². The number of hydrogen-bond acceptors (Lipinski definition) is 3. The van der Waals surface area contributed by atoms with Crippen LogP contribution in [0.3, 0.4) is 0 Å². The highest BCUT2D eigenvalue weighted by atomic mass is 19.1. The molecule has 0 spiro atoms. The largest absolute Gasteiger partial charge is 0.496 e. The summed E-state index contributed by atoms with van der Waals surface area (Å²) in [6, 6.07) is 14.7. The van der Waals surface area contributed by atoms with Crippen LogP contribution in [0.15, 0.2) is 48.5 Å². The van der Waals surface area contributed by atoms with Crippen LogP contribution >= 0.6 is 0 Å². The van der Waals surface area contributed by atoms with E-state index < -0.39 is 0 Å². The molecule has 1 fully saturated rings. The van der Waals surface area contributed by atoms with E-state index in [1.54, 1.807) is 19.2 Å². The minimum atomic E-state index is -0.257. The Balaban J connectivity index is 1.60. The van der Waals surface area contributed by atoms with Crippen LogP contribution in [0.25, 0.3) is 0 Å². The number of primary amides is 1. The number of piperidine rings is 1. The lowest BCUT2D eigenvalue weighted by molar-refractivity contribution is -0.122. The van der Waals surface area contributed by atoms with Gasteiger partial charge in [0, 0.05) is 12.1 Å². The second-order valence-corrected chi connectivity index (χ2v) is 7.25. The summed E-state index contributed by atoms with van der Waals surface area (Å²) < 4.78 is 19.1. The SMILES string of the molecule is COc1ccc(F)cc1C1CCN(C[C@@H](Cc2ccccc2)C(N)=O)CC1. The fourth-order valence-electron chi connectivity index (χ4n) is 3.92. The number of benzene rings is 2. The number of nitrogens with zero attached hydrogens (tertiary/aromatic N) is 1. The minimum Gasteiger partial charge on any atom is -0.496 e. The highest BCUT2D eigenvalue weighted by molar-refractivity contribution is 5.77. The van der Waals surface area contributed by atoms with Crippen molar-refractivity contribution < 1.29 is 13.9 Å². The molecule has 0 unspecified atom stereocenters. The molecule has 1 saturated heterocycles. The molecule has 0 saturated carbocycles. The zero-order valence-electron chi connectivity index (χ0n) is 15.7. The van der Waals surface area contributed by atoms with Crippen molar-refractivity contribution in [3.63, 3.8) is 0 Å². The van der Waals surface area contributed by atoms with Gasteiger partial charge in [-0.05, 0) is 62.0 Å². The van der Waals surface area contributed by atoms with Crippen molar-refractivity contribution in [2.24, 2.45) is 11.7 Å². The first-order valence-electron chi connectivity index (χ1n) is 9.46. The molecule has 1 aliphatic rings. The molecule has 1 amide bonds. The van der Waals surface area contributed by atoms with Gasteiger partial charge in [0.25, 0.3) is 0 Å². The Hall–Kier alpha value is -2.40. The van der Waals surface area contributed by atoms with E-state index in [9.17, 15) is 9.18 Å². The summed E-state index contributed by atoms with van der Waals surface area (Å²) in [7, 11) is 1.62. The van der Waals surface area contributed by atoms with Gasteiger partial charge in [-0.15, -0.1) is 0 Å². The number of methoxy groups -OCH3 is 1. The van der Waals surface area contributed by atoms with E-state index in [1.807, 2.05) is 30.3 Å². The zero-order chi connectivity index (χ0) is 19.2. The lowest BCUT2D eigenvalue weighted by Gasteiger charge is -2.34. The molecule has 27 heavy (non-hydrogen) atoms. The maximum Gasteiger partial charge on any atom is 0.222 e. The molecule has 144 valence electrons. The number of amides is 1. The molecular formula is C22H27FN2O2. The lowest BCUT2D eigenvalue weighted by Crippen LogP contribution is -2.41. The van der Waals surface area contributed by atoms with Gasteiger partial charge in [0.2, 0.25) is 5.91 Å². The average molecular weight is 370 g/mol. The third-order valence-corrected chi connectivity index (χ3v) is 5.43. The van der Waals surface area contributed by atoms with Crippen LogP contribution in [0.1, 0.15) is 29.9 Å². The third-order valence-electron chi connectivity index (χ3n) is 5.43. The van der Waals surface area contributed by atoms with E-state index in [0.717, 1.165) is 42.8 Å². The number of ether oxygens (including phenoxy) is 1. The Morgan fingerprint density at radius 2 is 1.93 bits per heavy atom. The maximum atomic E-state index is 13.7. The van der Waals surface area contributed by atoms with Crippen molar-refractivity contribution in [2.45, 2.75) is 25.2 Å². The molecule has 1 aliphatic heterocycles. The van der Waals surface area contributed by atoms with Crippen LogP contribution in [0.4, 0.5) is 4.39 Å². The average Bonchev–Trinajstić information content (AvgIpc) is 2.69. The summed E-state index contributed by atoms with van der Waals surface area (Å²) >= 11 is 0. The van der Waals surface area contributed by atoms with Crippen LogP contribution in [0.2, 0.25) is 0 Å². The first-order chi connectivity index (χ1) is 13.1. The van der Waals surface area contributed by atoms with Crippen molar-refractivity contribution in [1.29, 1.82) is 0 Å². The minimum absolute atomic E-state index is 0.201. The predicted octanol–water partition coefficient (Wildman–Crippen LogP) is 3.36. The van der Waals surface area contributed by atoms with E-state index in [1.165, 1.54) is 6.07 Å². The number of carbonyl (C=O) groups excluding carboxylic acids is 1. The zero-order valence-corrected chi connectivity index (χ0v) is 15.7. The molecule has 0 bridgehead atoms. The van der Waals surface area contributed by atoms with Crippen LogP contribution < -0.4 is 10.5 Å². The summed E-state index contributed by atoms with van der Waals surface area (Å²) in [5, 5.41) is 0. The standard InChI is InChI=1S/C22H27FN2O2/c1-27-21-8-7-19(23)14-20(21)17-9-11-25(12-10-17)15-18(22(24)26)13-16-5-3-2-4-6-16/h2-8,14,17-18H,9-13,15H2,1H3,(H2,24,26)/t18-/m1/s1. The van der Waals surface area contributed by atoms with Gasteiger partial charge in [0.15, 0.2) is 0 Å². The van der Waals surface area contributed by atoms with Crippen molar-refractivity contribution >= 4 is 5.91 Å². The van der Waals surface area contributed by atoms with E-state index in [-0.39, 0.29) is 23.6 Å². The van der Waals surface area contributed by atoms with Crippen molar-refractivity contribution in [3.8, 4) is 5.75 Å². The predicted molar refractivity (Wildman–Crippen MR) is 104 cm³/mol. The Morgan fingerprint density at radius 3 is 2.56 bits per heavy atom. The number of nitrogens with two attached hydrogens (primary N) is 1. The molecule has 5 heteroatoms. The normalized spacial score (nSPS) is 16.8. The Morgan fingerprint density at radius 1 is 1.22 bits per heavy atom. The number of likely N-dealkylation sites (tertiary alicyclic amines) is 1. The monoisotopic (exact) mass is 370 g/mol. The summed E-state index contributed by atoms with van der Waals surface area (Å²) in [6.07, 6.45) is 2.49. The van der Waals surface area contributed by atoms with Gasteiger partial charge in [-0.25, -0.2) is 4.39 Å². The molecule has 1 atom stereocenters. The Kier molecular flexibility index (Phi) is 6.45. The number of rotatable bonds is 7. The van der Waals surface area contributed by atoms with E-state index >= 15 is 0 Å². The maximum absolute atomic E-state index is 13.7. The summed E-state index contributed by atoms with van der Waals surface area (Å²) in [5.74, 6) is 0.326. The molecule has 1 heterocycles. The van der Waals surface area contributed by atoms with Crippen LogP contribution in [0.5, 0.6) is 5.75 Å². The lowest BCUT2D eigenvalue weighted by atomic mass is 9.88. The first kappa shape index (κ1) is 19.4. The van der Waals surface area contributed by atoms with Crippen LogP contribution in [-0.4, -0.2) is 37.6 Å². The first-order valence-corrected chi connectivity index (χ1v) is 9.46. The van der Waals surface area contributed by atoms with Crippen molar-refractivity contribution in [3.05, 3.63) is 65.5 Å². The molecule has 2 aromatic rings. The molecule has 0 radical (unpaired) electrons. The molecular weight excluding hydrogens is 343 g/mol. The summed E-state index contributed by atoms with van der Waals surface area (Å²) in [5.41, 5.74) is 7.71. The van der Waals surface area contributed by atoms with Crippen LogP contribution in [-0.2, 0) is 11.2 Å². The third kappa shape index (κ3) is 5.07. The van der Waals surface area contributed by atoms with Crippen molar-refractivity contribution in [1.82, 2.24) is 4.90 Å². The fraction of sp³-hybridized carbons (Fsp3) is 0.409. The van der Waals surface area contributed by atoms with Gasteiger partial charge < -0.3 is 15.4 Å². The van der Waals surface area contributed by atoms with Gasteiger partial charge >= 0.3 is 0 Å². The molecule has 4 nitrogen and oxygen atoms in total. The van der Waals surface area contributed by atoms with Gasteiger partial charge in [-0.3, -0.25) is 4.79 Å². The number of hydrogen-bond donors (Lipinski definition) is 1. The molecule has 2 N–H and O–H groups in total. The summed E-state index contributed by atoms with van der Waals surface area (Å²) in [4.78, 5) is 14.2. The van der Waals surface area contributed by atoms with Crippen LogP contribution in [0, 0.1) is 11.7 Å². The highest BCUT2D eigenvalue weighted by Gasteiger charge is 2.26. The highest BCUT2D eigenvalue weighted by Crippen LogP contribution is 2.34. The van der Waals surface area contributed by atoms with Gasteiger partial charge in [0.1, 0.15) is 11.6 Å². The van der Waals surface area contributed by atoms with E-state index in [2.05, 4.69) is 4.90 Å². The van der Waals surface area contributed by atoms with E-state index in [4.69, 9.17) is 10.5 Å². The van der Waals surface area contributed by atoms with Gasteiger partial charge in [-0.1, -0.05) is 30.3 Å². The second kappa shape index (κ2) is 9.00. The van der Waals surface area contributed by atoms with Gasteiger partial charge in [-0.2, -0.15) is 0 Å². The number of halogens is 1. The molecule has 2 aromatic carbocycles. The fourth-order valence-corrected chi connectivity index (χ4v) is 3.92. The topological polar surface area (TPSA) is 55.6 Å². The second-order valence-electron chi connectivity index (χ2n) is 7.25. The Labute approximate surface area is 160 Å². The quantitative estimate of drug-likeness (QED) is 0.813. The van der Waals surface area contributed by atoms with Gasteiger partial charge in [0.05, 0.1) is 13.0 Å². The molecule has 0 aliphatic carbocycles. The molecule has 0 aromatic heterocycles.